The lowest BCUT2D eigenvalue weighted by Gasteiger charge is -2.60. The van der Waals surface area contributed by atoms with E-state index < -0.39 is 0 Å². The van der Waals surface area contributed by atoms with Crippen LogP contribution in [0.2, 0.25) is 0 Å². The fourth-order valence-electron chi connectivity index (χ4n) is 2.55. The second-order valence-corrected chi connectivity index (χ2v) is 5.85. The summed E-state index contributed by atoms with van der Waals surface area (Å²) in [5.74, 6) is 0. The molecule has 3 unspecified atom stereocenters. The van der Waals surface area contributed by atoms with Gasteiger partial charge in [-0.1, -0.05) is 19.9 Å². The molecular weight excluding hydrogens is 198 g/mol. The molecule has 0 bridgehead atoms. The smallest absolute Gasteiger partial charge is 0.0731 e. The number of ether oxygens (including phenoxy) is 1. The maximum atomic E-state index is 5.63. The van der Waals surface area contributed by atoms with Crippen molar-refractivity contribution in [1.82, 2.24) is 5.32 Å². The highest BCUT2D eigenvalue weighted by atomic mass is 16.5. The molecule has 0 spiro atoms. The maximum absolute atomic E-state index is 5.63. The van der Waals surface area contributed by atoms with Gasteiger partial charge in [-0.3, -0.25) is 0 Å². The lowest BCUT2D eigenvalue weighted by atomic mass is 9.55. The van der Waals surface area contributed by atoms with Crippen molar-refractivity contribution >= 4 is 0 Å². The van der Waals surface area contributed by atoms with Crippen LogP contribution < -0.4 is 5.32 Å². The zero-order valence-corrected chi connectivity index (χ0v) is 11.5. The molecule has 2 heteroatoms. The fourth-order valence-corrected chi connectivity index (χ4v) is 2.55. The molecule has 2 nitrogen and oxygen atoms in total. The molecule has 0 aromatic carbocycles. The standard InChI is InChI=1S/C14H27NO/c1-7-8-9-11(2)15-12-10-14(5,16-6)13(12,3)4/h7,11-12,15H,1,8-10H2,2-6H3. The Hall–Kier alpha value is -0.340. The molecule has 1 saturated carbocycles. The van der Waals surface area contributed by atoms with Gasteiger partial charge in [-0.05, 0) is 33.1 Å². The van der Waals surface area contributed by atoms with E-state index in [-0.39, 0.29) is 11.0 Å². The molecule has 0 amide bonds. The van der Waals surface area contributed by atoms with Crippen molar-refractivity contribution in [2.24, 2.45) is 5.41 Å². The molecule has 0 radical (unpaired) electrons. The van der Waals surface area contributed by atoms with Gasteiger partial charge in [0.15, 0.2) is 0 Å². The van der Waals surface area contributed by atoms with Gasteiger partial charge in [-0.15, -0.1) is 6.58 Å². The molecule has 16 heavy (non-hydrogen) atoms. The summed E-state index contributed by atoms with van der Waals surface area (Å²) in [7, 11) is 1.82. The van der Waals surface area contributed by atoms with Gasteiger partial charge in [-0.25, -0.2) is 0 Å². The van der Waals surface area contributed by atoms with Crippen molar-refractivity contribution in [3.8, 4) is 0 Å². The summed E-state index contributed by atoms with van der Waals surface area (Å²) in [6.07, 6.45) is 5.35. The molecular formula is C14H27NO. The minimum Gasteiger partial charge on any atom is -0.378 e. The lowest BCUT2D eigenvalue weighted by Crippen LogP contribution is -2.68. The Labute approximate surface area is 100 Å². The first-order chi connectivity index (χ1) is 7.37. The van der Waals surface area contributed by atoms with Crippen molar-refractivity contribution in [3.05, 3.63) is 12.7 Å². The number of hydrogen-bond donors (Lipinski definition) is 1. The molecule has 94 valence electrons. The van der Waals surface area contributed by atoms with E-state index in [9.17, 15) is 0 Å². The van der Waals surface area contributed by atoms with E-state index in [4.69, 9.17) is 4.74 Å². The van der Waals surface area contributed by atoms with E-state index in [1.807, 2.05) is 13.2 Å². The van der Waals surface area contributed by atoms with Gasteiger partial charge in [0.25, 0.3) is 0 Å². The Morgan fingerprint density at radius 1 is 1.50 bits per heavy atom. The van der Waals surface area contributed by atoms with E-state index in [0.29, 0.717) is 12.1 Å². The quantitative estimate of drug-likeness (QED) is 0.701. The SMILES string of the molecule is C=CCCC(C)NC1CC(C)(OC)C1(C)C. The Morgan fingerprint density at radius 2 is 2.12 bits per heavy atom. The van der Waals surface area contributed by atoms with Gasteiger partial charge in [0.05, 0.1) is 5.60 Å². The summed E-state index contributed by atoms with van der Waals surface area (Å²) in [4.78, 5) is 0. The van der Waals surface area contributed by atoms with Crippen LogP contribution in [-0.2, 0) is 4.74 Å². The highest BCUT2D eigenvalue weighted by Gasteiger charge is 2.57. The highest BCUT2D eigenvalue weighted by Crippen LogP contribution is 2.51. The summed E-state index contributed by atoms with van der Waals surface area (Å²) < 4.78 is 5.63. The van der Waals surface area contributed by atoms with Crippen molar-refractivity contribution in [3.63, 3.8) is 0 Å². The van der Waals surface area contributed by atoms with Crippen molar-refractivity contribution in [2.45, 2.75) is 64.6 Å². The van der Waals surface area contributed by atoms with Crippen LogP contribution in [0.1, 0.15) is 47.0 Å². The van der Waals surface area contributed by atoms with Crippen LogP contribution in [0, 0.1) is 5.41 Å². The predicted molar refractivity (Wildman–Crippen MR) is 69.6 cm³/mol. The predicted octanol–water partition coefficient (Wildman–Crippen LogP) is 3.13. The van der Waals surface area contributed by atoms with Crippen LogP contribution >= 0.6 is 0 Å². The first-order valence-corrected chi connectivity index (χ1v) is 6.29. The minimum absolute atomic E-state index is 0.0306. The summed E-state index contributed by atoms with van der Waals surface area (Å²) in [5.41, 5.74) is 0.243. The van der Waals surface area contributed by atoms with Gasteiger partial charge in [0, 0.05) is 24.6 Å². The molecule has 1 N–H and O–H groups in total. The lowest BCUT2D eigenvalue weighted by molar-refractivity contribution is -0.182. The van der Waals surface area contributed by atoms with Gasteiger partial charge in [0.1, 0.15) is 0 Å². The number of rotatable bonds is 6. The second-order valence-electron chi connectivity index (χ2n) is 5.85. The zero-order chi connectivity index (χ0) is 12.4. The first-order valence-electron chi connectivity index (χ1n) is 6.29. The zero-order valence-electron chi connectivity index (χ0n) is 11.5. The number of hydrogen-bond acceptors (Lipinski definition) is 2. The Balaban J connectivity index is 2.44. The average molecular weight is 225 g/mol. The third kappa shape index (κ3) is 2.33. The summed E-state index contributed by atoms with van der Waals surface area (Å²) in [5, 5.41) is 3.70. The molecule has 0 aliphatic heterocycles. The molecule has 1 rings (SSSR count). The van der Waals surface area contributed by atoms with Crippen molar-refractivity contribution in [1.29, 1.82) is 0 Å². The van der Waals surface area contributed by atoms with Crippen molar-refractivity contribution in [2.75, 3.05) is 7.11 Å². The minimum atomic E-state index is 0.0306. The van der Waals surface area contributed by atoms with Gasteiger partial charge >= 0.3 is 0 Å². The molecule has 0 aromatic heterocycles. The molecule has 1 aliphatic carbocycles. The summed E-state index contributed by atoms with van der Waals surface area (Å²) >= 11 is 0. The summed E-state index contributed by atoms with van der Waals surface area (Å²) in [6, 6.07) is 1.13. The molecule has 1 aliphatic rings. The molecule has 0 aromatic rings. The van der Waals surface area contributed by atoms with Crippen molar-refractivity contribution < 1.29 is 4.74 Å². The number of nitrogens with one attached hydrogen (secondary N) is 1. The normalized spacial score (nSPS) is 34.2. The highest BCUT2D eigenvalue weighted by molar-refractivity contribution is 5.11. The molecule has 1 fully saturated rings. The van der Waals surface area contributed by atoms with Gasteiger partial charge < -0.3 is 10.1 Å². The van der Waals surface area contributed by atoms with Gasteiger partial charge in [0.2, 0.25) is 0 Å². The van der Waals surface area contributed by atoms with Crippen LogP contribution in [0.4, 0.5) is 0 Å². The number of methoxy groups -OCH3 is 1. The third-order valence-corrected chi connectivity index (χ3v) is 4.57. The summed E-state index contributed by atoms with van der Waals surface area (Å²) in [6.45, 7) is 12.8. The molecule has 0 saturated heterocycles. The number of allylic oxidation sites excluding steroid dienone is 1. The monoisotopic (exact) mass is 225 g/mol. The van der Waals surface area contributed by atoms with Crippen LogP contribution in [0.15, 0.2) is 12.7 Å². The van der Waals surface area contributed by atoms with Crippen LogP contribution in [0.3, 0.4) is 0 Å². The largest absolute Gasteiger partial charge is 0.378 e. The van der Waals surface area contributed by atoms with E-state index in [0.717, 1.165) is 12.8 Å². The Kier molecular flexibility index (Phi) is 4.19. The van der Waals surface area contributed by atoms with E-state index >= 15 is 0 Å². The topological polar surface area (TPSA) is 21.3 Å². The average Bonchev–Trinajstić information content (AvgIpc) is 2.25. The van der Waals surface area contributed by atoms with Gasteiger partial charge in [-0.2, -0.15) is 0 Å². The van der Waals surface area contributed by atoms with Crippen LogP contribution in [0.25, 0.3) is 0 Å². The van der Waals surface area contributed by atoms with E-state index in [2.05, 4.69) is 39.6 Å². The molecule has 0 heterocycles. The van der Waals surface area contributed by atoms with E-state index in [1.54, 1.807) is 0 Å². The maximum Gasteiger partial charge on any atom is 0.0731 e. The third-order valence-electron chi connectivity index (χ3n) is 4.57. The van der Waals surface area contributed by atoms with Crippen LogP contribution in [0.5, 0.6) is 0 Å². The molecule has 3 atom stereocenters. The Bertz CT molecular complexity index is 249. The second kappa shape index (κ2) is 4.89. The fraction of sp³-hybridized carbons (Fsp3) is 0.857. The van der Waals surface area contributed by atoms with Crippen LogP contribution in [-0.4, -0.2) is 24.8 Å². The van der Waals surface area contributed by atoms with E-state index in [1.165, 1.54) is 6.42 Å². The Morgan fingerprint density at radius 3 is 2.56 bits per heavy atom. The first kappa shape index (κ1) is 13.7.